The van der Waals surface area contributed by atoms with Gasteiger partial charge < -0.3 is 10.0 Å². The van der Waals surface area contributed by atoms with E-state index in [1.807, 2.05) is 4.90 Å². The lowest BCUT2D eigenvalue weighted by Crippen LogP contribution is -2.48. The predicted molar refractivity (Wildman–Crippen MR) is 123 cm³/mol. The monoisotopic (exact) mass is 456 g/mol. The number of carboxylic acid groups (broad SMARTS) is 1. The molecule has 32 heavy (non-hydrogen) atoms. The molecule has 0 unspecified atom stereocenters. The third-order valence-corrected chi connectivity index (χ3v) is 7.11. The average molecular weight is 457 g/mol. The summed E-state index contributed by atoms with van der Waals surface area (Å²) in [7, 11) is -3.67. The van der Waals surface area contributed by atoms with E-state index in [1.54, 1.807) is 42.5 Å². The molecule has 1 N–H and O–H groups in total. The van der Waals surface area contributed by atoms with E-state index in [9.17, 15) is 17.6 Å². The average Bonchev–Trinajstić information content (AvgIpc) is 2.77. The summed E-state index contributed by atoms with van der Waals surface area (Å²) in [5, 5.41) is 8.77. The van der Waals surface area contributed by atoms with E-state index in [1.165, 1.54) is 22.5 Å². The van der Waals surface area contributed by atoms with Crippen LogP contribution in [0.25, 0.3) is 5.57 Å². The number of hydrogen-bond acceptors (Lipinski definition) is 4. The lowest BCUT2D eigenvalue weighted by atomic mass is 10.1. The van der Waals surface area contributed by atoms with Crippen molar-refractivity contribution < 1.29 is 22.7 Å². The number of anilines is 1. The predicted octanol–water partition coefficient (Wildman–Crippen LogP) is 3.94. The van der Waals surface area contributed by atoms with Gasteiger partial charge >= 0.3 is 5.97 Å². The highest BCUT2D eigenvalue weighted by Crippen LogP contribution is 2.24. The van der Waals surface area contributed by atoms with E-state index in [0.29, 0.717) is 35.5 Å². The Kier molecular flexibility index (Phi) is 7.27. The number of benzene rings is 2. The molecular weight excluding hydrogens is 431 g/mol. The maximum absolute atomic E-state index is 14.0. The molecule has 0 aromatic heterocycles. The van der Waals surface area contributed by atoms with Crippen LogP contribution in [0.4, 0.5) is 10.1 Å². The van der Waals surface area contributed by atoms with Gasteiger partial charge in [0.25, 0.3) is 0 Å². The van der Waals surface area contributed by atoms with Gasteiger partial charge in [-0.15, -0.1) is 0 Å². The molecule has 6 nitrogen and oxygen atoms in total. The van der Waals surface area contributed by atoms with Gasteiger partial charge in [0.05, 0.1) is 17.0 Å². The Labute approximate surface area is 187 Å². The number of sulfonamides is 1. The molecule has 0 bridgehead atoms. The van der Waals surface area contributed by atoms with Crippen molar-refractivity contribution in [2.75, 3.05) is 31.1 Å². The van der Waals surface area contributed by atoms with E-state index >= 15 is 0 Å². The van der Waals surface area contributed by atoms with Gasteiger partial charge in [-0.3, -0.25) is 4.79 Å². The highest BCUT2D eigenvalue weighted by Gasteiger charge is 2.29. The molecule has 0 aliphatic carbocycles. The highest BCUT2D eigenvalue weighted by molar-refractivity contribution is 7.89. The largest absolute Gasteiger partial charge is 0.481 e. The quantitative estimate of drug-likeness (QED) is 0.609. The van der Waals surface area contributed by atoms with Crippen molar-refractivity contribution in [3.05, 3.63) is 90.8 Å². The number of carbonyl (C=O) groups is 1. The van der Waals surface area contributed by atoms with Crippen LogP contribution in [0.2, 0.25) is 0 Å². The van der Waals surface area contributed by atoms with Crippen molar-refractivity contribution in [3.8, 4) is 0 Å². The van der Waals surface area contributed by atoms with Crippen LogP contribution in [-0.4, -0.2) is 50.0 Å². The molecular formula is C24H25FN2O4S. The van der Waals surface area contributed by atoms with Crippen molar-refractivity contribution in [3.63, 3.8) is 0 Å². The Bertz CT molecular complexity index is 1150. The molecule has 1 aliphatic rings. The second-order valence-electron chi connectivity index (χ2n) is 7.45. The maximum atomic E-state index is 14.0. The van der Waals surface area contributed by atoms with Crippen molar-refractivity contribution in [2.24, 2.45) is 0 Å². The minimum Gasteiger partial charge on any atom is -0.481 e. The van der Waals surface area contributed by atoms with Crippen molar-refractivity contribution in [2.45, 2.75) is 11.3 Å². The molecule has 0 spiro atoms. The standard InChI is InChI=1S/C24H25FN2O4S/c1-18(17-24(28)29)7-8-19(2)20-9-11-21(12-10-20)32(30,31)27-15-13-26(14-16-27)23-6-4-3-5-22(23)25/h3-12H,1-2,13-17H2,(H,28,29). The number of carboxylic acids is 1. The molecule has 0 radical (unpaired) electrons. The zero-order chi connectivity index (χ0) is 23.3. The molecule has 0 atom stereocenters. The minimum atomic E-state index is -3.67. The molecule has 0 saturated carbocycles. The Balaban J connectivity index is 1.65. The van der Waals surface area contributed by atoms with Gasteiger partial charge in [-0.2, -0.15) is 4.31 Å². The smallest absolute Gasteiger partial charge is 0.307 e. The van der Waals surface area contributed by atoms with Crippen LogP contribution in [0.1, 0.15) is 12.0 Å². The van der Waals surface area contributed by atoms with E-state index in [2.05, 4.69) is 13.2 Å². The van der Waals surface area contributed by atoms with Gasteiger partial charge in [0.1, 0.15) is 5.82 Å². The molecule has 2 aromatic carbocycles. The SMILES string of the molecule is C=C(C=CC(=C)c1ccc(S(=O)(=O)N2CCN(c3ccccc3F)CC2)cc1)CC(=O)O. The maximum Gasteiger partial charge on any atom is 0.307 e. The molecule has 8 heteroatoms. The zero-order valence-corrected chi connectivity index (χ0v) is 18.4. The number of allylic oxidation sites excluding steroid dienone is 3. The molecule has 0 amide bonds. The van der Waals surface area contributed by atoms with Crippen LogP contribution in [0.15, 0.2) is 84.3 Å². The van der Waals surface area contributed by atoms with Gasteiger partial charge in [-0.1, -0.05) is 49.6 Å². The van der Waals surface area contributed by atoms with Crippen LogP contribution in [0.3, 0.4) is 0 Å². The summed E-state index contributed by atoms with van der Waals surface area (Å²) >= 11 is 0. The Hall–Kier alpha value is -3.23. The number of hydrogen-bond donors (Lipinski definition) is 1. The number of piperazine rings is 1. The first kappa shape index (κ1) is 23.4. The van der Waals surface area contributed by atoms with Gasteiger partial charge in [0.2, 0.25) is 10.0 Å². The fraction of sp³-hybridized carbons (Fsp3) is 0.208. The van der Waals surface area contributed by atoms with Gasteiger partial charge in [0.15, 0.2) is 0 Å². The Morgan fingerprint density at radius 2 is 1.62 bits per heavy atom. The normalized spacial score (nSPS) is 15.1. The van der Waals surface area contributed by atoms with E-state index in [-0.39, 0.29) is 30.2 Å². The zero-order valence-electron chi connectivity index (χ0n) is 17.6. The Morgan fingerprint density at radius 3 is 2.22 bits per heavy atom. The summed E-state index contributed by atoms with van der Waals surface area (Å²) in [6, 6.07) is 12.8. The second-order valence-corrected chi connectivity index (χ2v) is 9.39. The molecule has 1 aliphatic heterocycles. The number of rotatable bonds is 8. The summed E-state index contributed by atoms with van der Waals surface area (Å²) in [5.74, 6) is -1.28. The lowest BCUT2D eigenvalue weighted by molar-refractivity contribution is -0.136. The third-order valence-electron chi connectivity index (χ3n) is 5.19. The summed E-state index contributed by atoms with van der Waals surface area (Å²) in [6.45, 7) is 8.93. The number of para-hydroxylation sites is 1. The minimum absolute atomic E-state index is 0.162. The van der Waals surface area contributed by atoms with E-state index in [4.69, 9.17) is 5.11 Å². The third kappa shape index (κ3) is 5.52. The number of halogens is 1. The summed E-state index contributed by atoms with van der Waals surface area (Å²) < 4.78 is 41.5. The summed E-state index contributed by atoms with van der Waals surface area (Å²) in [5.41, 5.74) is 2.24. The topological polar surface area (TPSA) is 77.9 Å². The first-order valence-electron chi connectivity index (χ1n) is 10.0. The van der Waals surface area contributed by atoms with Crippen molar-refractivity contribution in [1.82, 2.24) is 4.31 Å². The molecule has 1 saturated heterocycles. The van der Waals surface area contributed by atoms with Crippen LogP contribution in [0, 0.1) is 5.82 Å². The first-order chi connectivity index (χ1) is 15.2. The van der Waals surface area contributed by atoms with Crippen LogP contribution in [-0.2, 0) is 14.8 Å². The molecule has 2 aromatic rings. The Morgan fingerprint density at radius 1 is 1.00 bits per heavy atom. The number of aliphatic carboxylic acids is 1. The molecule has 168 valence electrons. The van der Waals surface area contributed by atoms with E-state index in [0.717, 1.165) is 0 Å². The van der Waals surface area contributed by atoms with Gasteiger partial charge in [-0.05, 0) is 41.0 Å². The fourth-order valence-corrected chi connectivity index (χ4v) is 4.86. The van der Waals surface area contributed by atoms with Gasteiger partial charge in [0, 0.05) is 26.2 Å². The summed E-state index contributed by atoms with van der Waals surface area (Å²) in [6.07, 6.45) is 3.07. The highest BCUT2D eigenvalue weighted by atomic mass is 32.2. The van der Waals surface area contributed by atoms with Crippen molar-refractivity contribution in [1.29, 1.82) is 0 Å². The van der Waals surface area contributed by atoms with E-state index < -0.39 is 16.0 Å². The van der Waals surface area contributed by atoms with Crippen LogP contribution in [0.5, 0.6) is 0 Å². The second kappa shape index (κ2) is 9.93. The fourth-order valence-electron chi connectivity index (χ4n) is 3.44. The first-order valence-corrected chi connectivity index (χ1v) is 11.5. The van der Waals surface area contributed by atoms with Crippen LogP contribution >= 0.6 is 0 Å². The van der Waals surface area contributed by atoms with Gasteiger partial charge in [-0.25, -0.2) is 12.8 Å². The van der Waals surface area contributed by atoms with Crippen molar-refractivity contribution >= 4 is 27.3 Å². The molecule has 1 heterocycles. The molecule has 1 fully saturated rings. The number of nitrogens with zero attached hydrogens (tertiary/aromatic N) is 2. The lowest BCUT2D eigenvalue weighted by Gasteiger charge is -2.35. The van der Waals surface area contributed by atoms with Crippen LogP contribution < -0.4 is 4.90 Å². The summed E-state index contributed by atoms with van der Waals surface area (Å²) in [4.78, 5) is 12.7. The molecule has 3 rings (SSSR count).